The van der Waals surface area contributed by atoms with Crippen LogP contribution in [0.4, 0.5) is 5.82 Å². The smallest absolute Gasteiger partial charge is 0.147 e. The lowest BCUT2D eigenvalue weighted by Gasteiger charge is -2.28. The number of methoxy groups -OCH3 is 1. The summed E-state index contributed by atoms with van der Waals surface area (Å²) in [5.41, 5.74) is 1.80. The summed E-state index contributed by atoms with van der Waals surface area (Å²) >= 11 is 0. The minimum Gasteiger partial charge on any atom is -0.496 e. The van der Waals surface area contributed by atoms with Gasteiger partial charge in [-0.05, 0) is 12.1 Å². The number of ether oxygens (including phenoxy) is 1. The first-order chi connectivity index (χ1) is 9.88. The predicted octanol–water partition coefficient (Wildman–Crippen LogP) is 1.56. The molecule has 0 amide bonds. The topological polar surface area (TPSA) is 50.3 Å². The fraction of sp³-hybridized carbons (Fsp3) is 0.333. The largest absolute Gasteiger partial charge is 0.496 e. The van der Waals surface area contributed by atoms with Crippen LogP contribution in [0.15, 0.2) is 36.7 Å². The van der Waals surface area contributed by atoms with Crippen LogP contribution >= 0.6 is 0 Å². The summed E-state index contributed by atoms with van der Waals surface area (Å²) in [7, 11) is 1.67. The minimum atomic E-state index is 0.816. The highest BCUT2D eigenvalue weighted by Gasteiger charge is 2.13. The Morgan fingerprint density at radius 1 is 1.10 bits per heavy atom. The molecule has 1 N–H and O–H groups in total. The highest BCUT2D eigenvalue weighted by Crippen LogP contribution is 2.27. The fourth-order valence-electron chi connectivity index (χ4n) is 2.37. The van der Waals surface area contributed by atoms with Crippen LogP contribution in [0.5, 0.6) is 5.75 Å². The molecular weight excluding hydrogens is 252 g/mol. The molecule has 3 rings (SSSR count). The van der Waals surface area contributed by atoms with E-state index in [4.69, 9.17) is 4.74 Å². The number of nitrogens with zero attached hydrogens (tertiary/aromatic N) is 3. The maximum atomic E-state index is 5.36. The highest BCUT2D eigenvalue weighted by atomic mass is 16.5. The van der Waals surface area contributed by atoms with Gasteiger partial charge in [0.2, 0.25) is 0 Å². The predicted molar refractivity (Wildman–Crippen MR) is 79.1 cm³/mol. The Morgan fingerprint density at radius 3 is 2.60 bits per heavy atom. The summed E-state index contributed by atoms with van der Waals surface area (Å²) in [4.78, 5) is 11.3. The quantitative estimate of drug-likeness (QED) is 0.917. The molecule has 5 heteroatoms. The van der Waals surface area contributed by atoms with E-state index in [-0.39, 0.29) is 0 Å². The third-order valence-electron chi connectivity index (χ3n) is 3.46. The van der Waals surface area contributed by atoms with Crippen molar-refractivity contribution in [3.8, 4) is 17.0 Å². The number of aromatic nitrogens is 2. The molecule has 1 aliphatic rings. The fourth-order valence-corrected chi connectivity index (χ4v) is 2.37. The highest BCUT2D eigenvalue weighted by molar-refractivity contribution is 5.66. The molecule has 0 radical (unpaired) electrons. The SMILES string of the molecule is COc1ccccc1-c1cnc(N2CCNCC2)cn1. The zero-order valence-electron chi connectivity index (χ0n) is 11.5. The third kappa shape index (κ3) is 2.58. The van der Waals surface area contributed by atoms with Crippen molar-refractivity contribution in [3.05, 3.63) is 36.7 Å². The molecule has 0 atom stereocenters. The molecule has 1 aromatic heterocycles. The van der Waals surface area contributed by atoms with Crippen LogP contribution in [0.1, 0.15) is 0 Å². The molecule has 1 aromatic carbocycles. The van der Waals surface area contributed by atoms with E-state index >= 15 is 0 Å². The standard InChI is InChI=1S/C15H18N4O/c1-20-14-5-3-2-4-12(14)13-10-18-15(11-17-13)19-8-6-16-7-9-19/h2-5,10-11,16H,6-9H2,1H3. The number of para-hydroxylation sites is 1. The Morgan fingerprint density at radius 2 is 1.90 bits per heavy atom. The van der Waals surface area contributed by atoms with Gasteiger partial charge in [0, 0.05) is 31.7 Å². The van der Waals surface area contributed by atoms with Crippen molar-refractivity contribution in [3.63, 3.8) is 0 Å². The first-order valence-corrected chi connectivity index (χ1v) is 6.79. The van der Waals surface area contributed by atoms with Crippen LogP contribution in [-0.2, 0) is 0 Å². The first kappa shape index (κ1) is 12.9. The van der Waals surface area contributed by atoms with E-state index in [1.54, 1.807) is 7.11 Å². The van der Waals surface area contributed by atoms with Gasteiger partial charge in [-0.1, -0.05) is 12.1 Å². The second kappa shape index (κ2) is 5.88. The molecule has 0 unspecified atom stereocenters. The molecule has 1 aliphatic heterocycles. The van der Waals surface area contributed by atoms with Crippen molar-refractivity contribution in [2.45, 2.75) is 0 Å². The van der Waals surface area contributed by atoms with Gasteiger partial charge in [0.1, 0.15) is 11.6 Å². The maximum absolute atomic E-state index is 5.36. The monoisotopic (exact) mass is 270 g/mol. The average Bonchev–Trinajstić information content (AvgIpc) is 2.56. The van der Waals surface area contributed by atoms with Gasteiger partial charge in [0.05, 0.1) is 25.2 Å². The molecule has 0 aliphatic carbocycles. The van der Waals surface area contributed by atoms with Crippen LogP contribution in [0.2, 0.25) is 0 Å². The Balaban J connectivity index is 1.85. The van der Waals surface area contributed by atoms with Gasteiger partial charge in [-0.3, -0.25) is 4.98 Å². The molecule has 2 heterocycles. The van der Waals surface area contributed by atoms with Gasteiger partial charge in [-0.25, -0.2) is 4.98 Å². The van der Waals surface area contributed by atoms with Gasteiger partial charge in [-0.2, -0.15) is 0 Å². The number of hydrogen-bond donors (Lipinski definition) is 1. The summed E-state index contributed by atoms with van der Waals surface area (Å²) in [5, 5.41) is 3.33. The Kier molecular flexibility index (Phi) is 3.78. The van der Waals surface area contributed by atoms with E-state index in [0.29, 0.717) is 0 Å². The number of rotatable bonds is 3. The zero-order valence-corrected chi connectivity index (χ0v) is 11.5. The van der Waals surface area contributed by atoms with E-state index in [9.17, 15) is 0 Å². The second-order valence-electron chi connectivity index (χ2n) is 4.70. The van der Waals surface area contributed by atoms with Crippen LogP contribution in [-0.4, -0.2) is 43.3 Å². The summed E-state index contributed by atoms with van der Waals surface area (Å²) in [6.45, 7) is 3.94. The van der Waals surface area contributed by atoms with Crippen LogP contribution in [0.25, 0.3) is 11.3 Å². The Hall–Kier alpha value is -2.14. The summed E-state index contributed by atoms with van der Waals surface area (Å²) in [6.07, 6.45) is 3.66. The number of anilines is 1. The Bertz CT molecular complexity index is 564. The van der Waals surface area contributed by atoms with Crippen molar-refractivity contribution >= 4 is 5.82 Å². The molecular formula is C15H18N4O. The molecule has 20 heavy (non-hydrogen) atoms. The van der Waals surface area contributed by atoms with Crippen molar-refractivity contribution in [2.75, 3.05) is 38.2 Å². The lowest BCUT2D eigenvalue weighted by molar-refractivity contribution is 0.416. The first-order valence-electron chi connectivity index (χ1n) is 6.79. The van der Waals surface area contributed by atoms with E-state index in [1.165, 1.54) is 0 Å². The van der Waals surface area contributed by atoms with Crippen molar-refractivity contribution in [1.82, 2.24) is 15.3 Å². The van der Waals surface area contributed by atoms with Crippen LogP contribution in [0, 0.1) is 0 Å². The van der Waals surface area contributed by atoms with Crippen LogP contribution < -0.4 is 15.0 Å². The number of piperazine rings is 1. The van der Waals surface area contributed by atoms with Gasteiger partial charge in [0.25, 0.3) is 0 Å². The van der Waals surface area contributed by atoms with E-state index in [0.717, 1.165) is 49.0 Å². The lowest BCUT2D eigenvalue weighted by atomic mass is 10.1. The maximum Gasteiger partial charge on any atom is 0.147 e. The minimum absolute atomic E-state index is 0.816. The van der Waals surface area contributed by atoms with Crippen molar-refractivity contribution in [2.24, 2.45) is 0 Å². The zero-order chi connectivity index (χ0) is 13.8. The lowest BCUT2D eigenvalue weighted by Crippen LogP contribution is -2.43. The molecule has 104 valence electrons. The normalized spacial score (nSPS) is 15.2. The van der Waals surface area contributed by atoms with E-state index in [2.05, 4.69) is 20.2 Å². The van der Waals surface area contributed by atoms with E-state index in [1.807, 2.05) is 36.7 Å². The molecule has 5 nitrogen and oxygen atoms in total. The van der Waals surface area contributed by atoms with Crippen LogP contribution in [0.3, 0.4) is 0 Å². The summed E-state index contributed by atoms with van der Waals surface area (Å²) in [6, 6.07) is 7.85. The molecule has 2 aromatic rings. The molecule has 0 saturated carbocycles. The number of hydrogen-bond acceptors (Lipinski definition) is 5. The Labute approximate surface area is 118 Å². The molecule has 1 fully saturated rings. The van der Waals surface area contributed by atoms with Gasteiger partial charge < -0.3 is 15.0 Å². The summed E-state index contributed by atoms with van der Waals surface area (Å²) < 4.78 is 5.36. The van der Waals surface area contributed by atoms with Crippen molar-refractivity contribution in [1.29, 1.82) is 0 Å². The average molecular weight is 270 g/mol. The second-order valence-corrected chi connectivity index (χ2v) is 4.70. The molecule has 1 saturated heterocycles. The van der Waals surface area contributed by atoms with Gasteiger partial charge >= 0.3 is 0 Å². The molecule has 0 spiro atoms. The third-order valence-corrected chi connectivity index (χ3v) is 3.46. The summed E-state index contributed by atoms with van der Waals surface area (Å²) in [5.74, 6) is 1.75. The van der Waals surface area contributed by atoms with Gasteiger partial charge in [-0.15, -0.1) is 0 Å². The van der Waals surface area contributed by atoms with E-state index < -0.39 is 0 Å². The number of nitrogens with one attached hydrogen (secondary N) is 1. The molecule has 0 bridgehead atoms. The number of benzene rings is 1. The van der Waals surface area contributed by atoms with Gasteiger partial charge in [0.15, 0.2) is 0 Å². The van der Waals surface area contributed by atoms with Crippen molar-refractivity contribution < 1.29 is 4.74 Å².